The maximum Gasteiger partial charge on any atom is 0.260 e. The fourth-order valence-electron chi connectivity index (χ4n) is 9.68. The average molecular weight is 750 g/mol. The van der Waals surface area contributed by atoms with E-state index < -0.39 is 10.7 Å². The summed E-state index contributed by atoms with van der Waals surface area (Å²) in [7, 11) is 1.42. The van der Waals surface area contributed by atoms with Crippen molar-refractivity contribution in [2.75, 3.05) is 64.4 Å². The van der Waals surface area contributed by atoms with Crippen LogP contribution in [-0.4, -0.2) is 98.0 Å². The Bertz CT molecular complexity index is 1640. The highest BCUT2D eigenvalue weighted by Crippen LogP contribution is 2.48. The van der Waals surface area contributed by atoms with Crippen LogP contribution in [0, 0.1) is 17.8 Å². The number of benzene rings is 2. The van der Waals surface area contributed by atoms with Gasteiger partial charge in [0.05, 0.1) is 12.3 Å². The second kappa shape index (κ2) is 16.6. The van der Waals surface area contributed by atoms with Gasteiger partial charge in [0.25, 0.3) is 5.91 Å². The van der Waals surface area contributed by atoms with Gasteiger partial charge in [0.15, 0.2) is 0 Å². The Labute approximate surface area is 320 Å². The van der Waals surface area contributed by atoms with Crippen LogP contribution in [0.3, 0.4) is 0 Å². The number of fused-ring (bicyclic) bond motifs is 3. The first-order chi connectivity index (χ1) is 25.2. The van der Waals surface area contributed by atoms with E-state index in [1.165, 1.54) is 36.9 Å². The van der Waals surface area contributed by atoms with E-state index in [-0.39, 0.29) is 22.7 Å². The Hall–Kier alpha value is -2.36. The van der Waals surface area contributed by atoms with Crippen molar-refractivity contribution < 1.29 is 14.3 Å². The van der Waals surface area contributed by atoms with Crippen LogP contribution < -0.4 is 14.4 Å². The fraction of sp³-hybridized carbons (Fsp3) is 0.628. The molecule has 8 unspecified atom stereocenters. The molecule has 4 aliphatic heterocycles. The molecule has 284 valence electrons. The number of ether oxygens (including phenoxy) is 2. The molecule has 1 amide bonds. The highest BCUT2D eigenvalue weighted by Gasteiger charge is 2.49. The van der Waals surface area contributed by atoms with Crippen molar-refractivity contribution in [1.29, 1.82) is 0 Å². The van der Waals surface area contributed by atoms with Gasteiger partial charge in [-0.1, -0.05) is 80.0 Å². The number of halogens is 1. The van der Waals surface area contributed by atoms with Crippen LogP contribution in [0.15, 0.2) is 48.6 Å². The van der Waals surface area contributed by atoms with E-state index in [9.17, 15) is 4.79 Å². The largest absolute Gasteiger partial charge is 0.491 e. The molecule has 4 heterocycles. The Morgan fingerprint density at radius 3 is 2.71 bits per heavy atom. The molecule has 2 bridgehead atoms. The van der Waals surface area contributed by atoms with Crippen LogP contribution >= 0.6 is 22.3 Å². The molecular weight excluding hydrogens is 688 g/mol. The van der Waals surface area contributed by atoms with Gasteiger partial charge in [-0.15, -0.1) is 0 Å². The predicted octanol–water partition coefficient (Wildman–Crippen LogP) is 8.19. The van der Waals surface area contributed by atoms with Crippen LogP contribution in [0.1, 0.15) is 93.1 Å². The molecule has 9 heteroatoms. The highest BCUT2D eigenvalue weighted by atomic mass is 35.5. The molecule has 2 aromatic rings. The third kappa shape index (κ3) is 8.02. The van der Waals surface area contributed by atoms with Crippen molar-refractivity contribution in [3.05, 3.63) is 70.3 Å². The van der Waals surface area contributed by atoms with Gasteiger partial charge in [-0.3, -0.25) is 14.6 Å². The predicted molar refractivity (Wildman–Crippen MR) is 219 cm³/mol. The zero-order chi connectivity index (χ0) is 36.4. The van der Waals surface area contributed by atoms with E-state index in [2.05, 4.69) is 76.4 Å². The summed E-state index contributed by atoms with van der Waals surface area (Å²) in [4.78, 5) is 21.7. The molecule has 0 radical (unpaired) electrons. The quantitative estimate of drug-likeness (QED) is 0.238. The molecule has 7 rings (SSSR count). The third-order valence-electron chi connectivity index (χ3n) is 13.2. The molecule has 2 aromatic carbocycles. The summed E-state index contributed by atoms with van der Waals surface area (Å²) in [5.74, 6) is 6.60. The summed E-state index contributed by atoms with van der Waals surface area (Å²) in [6.45, 7) is 14.6. The standard InChI is InChI=1S/C43H61ClN4O3S/c1-6-10-32-23-36(44)15-16-38(32)35-26-48-25-34-13-17-39(34)43(50-4,29-46-21-22-47-20-8-7-12-37(47)27-46)19-9-11-30(2)31(3)52(5)45-42(49)33-14-18-41(51-28-35)40(48)24-33/h9,14-16,18-19,23-24,30-31,34-35,37,39H,5-8,10-13,17,20-22,25-29H2,1-4H3,(H,45,49)/b19-9+. The van der Waals surface area contributed by atoms with Crippen molar-refractivity contribution in [3.63, 3.8) is 0 Å². The number of allylic oxidation sites excluding steroid dienone is 1. The number of carbonyl (C=O) groups is 1. The Morgan fingerprint density at radius 2 is 1.92 bits per heavy atom. The molecule has 0 spiro atoms. The van der Waals surface area contributed by atoms with Gasteiger partial charge in [-0.25, -0.2) is 0 Å². The van der Waals surface area contributed by atoms with E-state index in [4.69, 9.17) is 21.1 Å². The summed E-state index contributed by atoms with van der Waals surface area (Å²) in [5.41, 5.74) is 3.93. The smallest absolute Gasteiger partial charge is 0.260 e. The second-order valence-corrected chi connectivity index (χ2v) is 18.6. The van der Waals surface area contributed by atoms with Gasteiger partial charge >= 0.3 is 0 Å². The Kier molecular flexibility index (Phi) is 12.1. The van der Waals surface area contributed by atoms with Crippen molar-refractivity contribution >= 4 is 39.7 Å². The van der Waals surface area contributed by atoms with Gasteiger partial charge < -0.3 is 19.1 Å². The molecule has 1 aliphatic carbocycles. The number of methoxy groups -OCH3 is 1. The first-order valence-electron chi connectivity index (χ1n) is 20.0. The minimum absolute atomic E-state index is 0.0653. The first kappa shape index (κ1) is 37.9. The summed E-state index contributed by atoms with van der Waals surface area (Å²) < 4.78 is 16.7. The number of piperidine rings is 1. The van der Waals surface area contributed by atoms with Gasteiger partial charge in [-0.05, 0) is 104 Å². The lowest BCUT2D eigenvalue weighted by Crippen LogP contribution is -2.61. The van der Waals surface area contributed by atoms with Gasteiger partial charge in [0.2, 0.25) is 0 Å². The van der Waals surface area contributed by atoms with Crippen molar-refractivity contribution in [2.45, 2.75) is 94.9 Å². The SMILES string of the molecule is C=S1NC(=O)c2ccc3c(c2)N(CC(c2ccc(Cl)cc2CCC)CO3)CC2CCC2C(CN2CCN3CCCCC3C2)(OC)/C=C/CC(C)C1C. The lowest BCUT2D eigenvalue weighted by atomic mass is 9.63. The number of nitrogens with one attached hydrogen (secondary N) is 1. The number of rotatable bonds is 6. The molecule has 1 saturated carbocycles. The molecule has 3 fully saturated rings. The number of anilines is 1. The molecule has 8 atom stereocenters. The third-order valence-corrected chi connectivity index (χ3v) is 15.2. The van der Waals surface area contributed by atoms with Crippen LogP contribution in [-0.2, 0) is 11.2 Å². The van der Waals surface area contributed by atoms with E-state index in [1.807, 2.05) is 25.3 Å². The van der Waals surface area contributed by atoms with E-state index >= 15 is 0 Å². The topological polar surface area (TPSA) is 57.3 Å². The van der Waals surface area contributed by atoms with Gasteiger partial charge in [-0.2, -0.15) is 0 Å². The normalized spacial score (nSPS) is 33.8. The second-order valence-electron chi connectivity index (χ2n) is 16.4. The number of nitrogens with zero attached hydrogens (tertiary/aromatic N) is 3. The zero-order valence-corrected chi connectivity index (χ0v) is 33.5. The lowest BCUT2D eigenvalue weighted by molar-refractivity contribution is -0.1000. The minimum atomic E-state index is -0.535. The van der Waals surface area contributed by atoms with Crippen LogP contribution in [0.5, 0.6) is 5.75 Å². The van der Waals surface area contributed by atoms with Crippen LogP contribution in [0.2, 0.25) is 5.02 Å². The Morgan fingerprint density at radius 1 is 1.06 bits per heavy atom. The summed E-state index contributed by atoms with van der Waals surface area (Å²) >= 11 is 6.53. The molecule has 2 saturated heterocycles. The highest BCUT2D eigenvalue weighted by molar-refractivity contribution is 8.13. The fourth-order valence-corrected chi connectivity index (χ4v) is 11.1. The Balaban J connectivity index is 1.25. The summed E-state index contributed by atoms with van der Waals surface area (Å²) in [5, 5.41) is 1.01. The summed E-state index contributed by atoms with van der Waals surface area (Å²) in [6.07, 6.45) is 14.1. The maximum absolute atomic E-state index is 13.8. The zero-order valence-electron chi connectivity index (χ0n) is 32.0. The minimum Gasteiger partial charge on any atom is -0.491 e. The number of hydrogen-bond donors (Lipinski definition) is 1. The van der Waals surface area contributed by atoms with Crippen molar-refractivity contribution in [2.24, 2.45) is 17.8 Å². The molecule has 1 N–H and O–H groups in total. The lowest BCUT2D eigenvalue weighted by Gasteiger charge is -2.53. The summed E-state index contributed by atoms with van der Waals surface area (Å²) in [6, 6.07) is 13.0. The van der Waals surface area contributed by atoms with Crippen molar-refractivity contribution in [1.82, 2.24) is 14.5 Å². The maximum atomic E-state index is 13.8. The number of carbonyl (C=O) groups excluding carboxylic acids is 1. The van der Waals surface area contributed by atoms with Crippen molar-refractivity contribution in [3.8, 4) is 5.75 Å². The molecule has 7 nitrogen and oxygen atoms in total. The molecule has 5 aliphatic rings. The number of aryl methyl sites for hydroxylation is 1. The van der Waals surface area contributed by atoms with Crippen LogP contribution in [0.4, 0.5) is 5.69 Å². The first-order valence-corrected chi connectivity index (χ1v) is 21.8. The van der Waals surface area contributed by atoms with E-state index in [0.717, 1.165) is 87.8 Å². The average Bonchev–Trinajstić information content (AvgIpc) is 3.31. The molecule has 0 aromatic heterocycles. The molecular formula is C43H61ClN4O3S. The molecule has 52 heavy (non-hydrogen) atoms. The van der Waals surface area contributed by atoms with Gasteiger partial charge in [0, 0.05) is 74.2 Å². The number of amides is 1. The van der Waals surface area contributed by atoms with Gasteiger partial charge in [0.1, 0.15) is 11.4 Å². The van der Waals surface area contributed by atoms with E-state index in [0.29, 0.717) is 36.0 Å². The van der Waals surface area contributed by atoms with Crippen LogP contribution in [0.25, 0.3) is 0 Å². The monoisotopic (exact) mass is 748 g/mol. The van der Waals surface area contributed by atoms with E-state index in [1.54, 1.807) is 0 Å². The number of piperazine rings is 1. The number of hydrogen-bond acceptors (Lipinski definition) is 6.